The number of alkyl halides is 2. The Morgan fingerprint density at radius 1 is 1.33 bits per heavy atom. The van der Waals surface area contributed by atoms with Crippen LogP contribution >= 0.6 is 12.2 Å². The normalized spacial score (nSPS) is 10.9. The number of rotatable bonds is 4. The van der Waals surface area contributed by atoms with Crippen molar-refractivity contribution in [3.8, 4) is 11.4 Å². The molecule has 3 nitrogen and oxygen atoms in total. The van der Waals surface area contributed by atoms with Gasteiger partial charge in [0.25, 0.3) is 0 Å². The number of hydrogen-bond donors (Lipinski definition) is 1. The molecule has 0 radical (unpaired) electrons. The summed E-state index contributed by atoms with van der Waals surface area (Å²) in [6, 6.07) is 6.38. The molecule has 0 atom stereocenters. The van der Waals surface area contributed by atoms with Crippen LogP contribution in [0, 0.1) is 4.77 Å². The van der Waals surface area contributed by atoms with E-state index in [2.05, 4.69) is 9.72 Å². The van der Waals surface area contributed by atoms with Crippen LogP contribution in [0.3, 0.4) is 0 Å². The minimum Gasteiger partial charge on any atom is -0.435 e. The lowest BCUT2D eigenvalue weighted by molar-refractivity contribution is -0.0498. The van der Waals surface area contributed by atoms with Crippen LogP contribution in [0.25, 0.3) is 5.69 Å². The number of aromatic nitrogens is 2. The van der Waals surface area contributed by atoms with Gasteiger partial charge < -0.3 is 9.72 Å². The van der Waals surface area contributed by atoms with E-state index in [-0.39, 0.29) is 5.75 Å². The van der Waals surface area contributed by atoms with Gasteiger partial charge in [-0.3, -0.25) is 4.57 Å². The number of nitrogens with one attached hydrogen (secondary N) is 1. The molecule has 1 aromatic carbocycles. The third kappa shape index (κ3) is 2.59. The summed E-state index contributed by atoms with van der Waals surface area (Å²) in [5.74, 6) is 0.133. The van der Waals surface area contributed by atoms with E-state index in [1.807, 2.05) is 17.7 Å². The molecule has 96 valence electrons. The van der Waals surface area contributed by atoms with E-state index in [9.17, 15) is 8.78 Å². The van der Waals surface area contributed by atoms with Crippen molar-refractivity contribution in [3.05, 3.63) is 40.9 Å². The standard InChI is InChI=1S/C12H12F2N2OS/c1-2-8-7-15-12(18)16(8)9-3-5-10(6-4-9)17-11(13)14/h3-7,11H,2H2,1H3,(H,15,18). The highest BCUT2D eigenvalue weighted by molar-refractivity contribution is 7.71. The SMILES string of the molecule is CCc1c[nH]c(=S)n1-c1ccc(OC(F)F)cc1. The van der Waals surface area contributed by atoms with Gasteiger partial charge in [0.1, 0.15) is 5.75 Å². The fraction of sp³-hybridized carbons (Fsp3) is 0.250. The Morgan fingerprint density at radius 2 is 2.00 bits per heavy atom. The van der Waals surface area contributed by atoms with Crippen molar-refractivity contribution in [3.63, 3.8) is 0 Å². The Balaban J connectivity index is 2.34. The number of imidazole rings is 1. The molecule has 1 heterocycles. The number of ether oxygens (including phenoxy) is 1. The average molecular weight is 270 g/mol. The van der Waals surface area contributed by atoms with Crippen LogP contribution in [0.15, 0.2) is 30.5 Å². The molecule has 0 aliphatic heterocycles. The number of halogens is 2. The summed E-state index contributed by atoms with van der Waals surface area (Å²) >= 11 is 5.18. The Hall–Kier alpha value is -1.69. The highest BCUT2D eigenvalue weighted by Gasteiger charge is 2.07. The fourth-order valence-corrected chi connectivity index (χ4v) is 2.01. The zero-order chi connectivity index (χ0) is 13.1. The summed E-state index contributed by atoms with van der Waals surface area (Å²) < 4.78 is 30.8. The van der Waals surface area contributed by atoms with Crippen LogP contribution in [0.5, 0.6) is 5.75 Å². The highest BCUT2D eigenvalue weighted by Crippen LogP contribution is 2.19. The first-order valence-corrected chi connectivity index (χ1v) is 5.87. The zero-order valence-electron chi connectivity index (χ0n) is 9.69. The summed E-state index contributed by atoms with van der Waals surface area (Å²) in [5.41, 5.74) is 1.85. The molecular formula is C12H12F2N2OS. The topological polar surface area (TPSA) is 29.9 Å². The third-order valence-corrected chi connectivity index (χ3v) is 2.84. The van der Waals surface area contributed by atoms with Gasteiger partial charge in [0.15, 0.2) is 4.77 Å². The lowest BCUT2D eigenvalue weighted by Crippen LogP contribution is -2.03. The van der Waals surface area contributed by atoms with Crippen LogP contribution in [-0.4, -0.2) is 16.2 Å². The Bertz CT molecular complexity index is 575. The first-order chi connectivity index (χ1) is 8.61. The molecule has 0 bridgehead atoms. The van der Waals surface area contributed by atoms with Crippen LogP contribution in [0.2, 0.25) is 0 Å². The molecule has 0 saturated heterocycles. The third-order valence-electron chi connectivity index (χ3n) is 2.53. The molecule has 0 aliphatic rings. The largest absolute Gasteiger partial charge is 0.435 e. The molecule has 0 spiro atoms. The van der Waals surface area contributed by atoms with Crippen LogP contribution in [-0.2, 0) is 6.42 Å². The van der Waals surface area contributed by atoms with Gasteiger partial charge in [-0.2, -0.15) is 8.78 Å². The Kier molecular flexibility index (Phi) is 3.76. The molecule has 1 aromatic heterocycles. The highest BCUT2D eigenvalue weighted by atomic mass is 32.1. The Morgan fingerprint density at radius 3 is 2.56 bits per heavy atom. The first-order valence-electron chi connectivity index (χ1n) is 5.46. The second kappa shape index (κ2) is 5.30. The summed E-state index contributed by atoms with van der Waals surface area (Å²) in [7, 11) is 0. The van der Waals surface area contributed by atoms with Gasteiger partial charge in [-0.1, -0.05) is 6.92 Å². The monoisotopic (exact) mass is 270 g/mol. The van der Waals surface area contributed by atoms with Gasteiger partial charge in [0.2, 0.25) is 0 Å². The lowest BCUT2D eigenvalue weighted by Gasteiger charge is -2.08. The van der Waals surface area contributed by atoms with E-state index < -0.39 is 6.61 Å². The van der Waals surface area contributed by atoms with E-state index in [0.29, 0.717) is 4.77 Å². The van der Waals surface area contributed by atoms with Crippen LogP contribution in [0.4, 0.5) is 8.78 Å². The van der Waals surface area contributed by atoms with Crippen LogP contribution < -0.4 is 4.74 Å². The molecule has 2 rings (SSSR count). The van der Waals surface area contributed by atoms with E-state index in [1.54, 1.807) is 12.1 Å². The molecule has 6 heteroatoms. The van der Waals surface area contributed by atoms with Crippen molar-refractivity contribution >= 4 is 12.2 Å². The molecule has 0 aliphatic carbocycles. The quantitative estimate of drug-likeness (QED) is 0.858. The van der Waals surface area contributed by atoms with E-state index in [4.69, 9.17) is 12.2 Å². The van der Waals surface area contributed by atoms with E-state index in [1.165, 1.54) is 12.1 Å². The number of H-pyrrole nitrogens is 1. The number of benzene rings is 1. The molecule has 18 heavy (non-hydrogen) atoms. The summed E-state index contributed by atoms with van der Waals surface area (Å²) in [4.78, 5) is 2.96. The second-order valence-corrected chi connectivity index (χ2v) is 4.03. The summed E-state index contributed by atoms with van der Waals surface area (Å²) in [6.07, 6.45) is 2.66. The maximum atomic E-state index is 12.0. The van der Waals surface area contributed by atoms with Crippen molar-refractivity contribution in [2.24, 2.45) is 0 Å². The van der Waals surface area contributed by atoms with Crippen molar-refractivity contribution in [1.82, 2.24) is 9.55 Å². The van der Waals surface area contributed by atoms with E-state index in [0.717, 1.165) is 17.8 Å². The minimum absolute atomic E-state index is 0.133. The van der Waals surface area contributed by atoms with Crippen molar-refractivity contribution in [2.45, 2.75) is 20.0 Å². The molecule has 0 saturated carbocycles. The minimum atomic E-state index is -2.81. The second-order valence-electron chi connectivity index (χ2n) is 3.65. The van der Waals surface area contributed by atoms with Crippen molar-refractivity contribution in [1.29, 1.82) is 0 Å². The van der Waals surface area contributed by atoms with Crippen molar-refractivity contribution < 1.29 is 13.5 Å². The number of nitrogens with zero attached hydrogens (tertiary/aromatic N) is 1. The fourth-order valence-electron chi connectivity index (χ4n) is 1.72. The number of aromatic amines is 1. The van der Waals surface area contributed by atoms with Gasteiger partial charge in [-0.05, 0) is 42.9 Å². The molecular weight excluding hydrogens is 258 g/mol. The Labute approximate surface area is 108 Å². The van der Waals surface area contributed by atoms with Gasteiger partial charge >= 0.3 is 6.61 Å². The van der Waals surface area contributed by atoms with Gasteiger partial charge in [-0.25, -0.2) is 0 Å². The maximum Gasteiger partial charge on any atom is 0.387 e. The number of hydrogen-bond acceptors (Lipinski definition) is 2. The molecule has 2 aromatic rings. The van der Waals surface area contributed by atoms with Gasteiger partial charge in [0, 0.05) is 17.6 Å². The van der Waals surface area contributed by atoms with E-state index >= 15 is 0 Å². The first kappa shape index (κ1) is 12.8. The maximum absolute atomic E-state index is 12.0. The molecule has 0 amide bonds. The summed E-state index contributed by atoms with van der Waals surface area (Å²) in [5, 5.41) is 0. The predicted molar refractivity (Wildman–Crippen MR) is 67.0 cm³/mol. The van der Waals surface area contributed by atoms with Crippen LogP contribution in [0.1, 0.15) is 12.6 Å². The van der Waals surface area contributed by atoms with Crippen molar-refractivity contribution in [2.75, 3.05) is 0 Å². The zero-order valence-corrected chi connectivity index (χ0v) is 10.5. The molecule has 1 N–H and O–H groups in total. The smallest absolute Gasteiger partial charge is 0.387 e. The molecule has 0 unspecified atom stereocenters. The number of aryl methyl sites for hydroxylation is 1. The molecule has 0 fully saturated rings. The van der Waals surface area contributed by atoms with Gasteiger partial charge in [0.05, 0.1) is 0 Å². The van der Waals surface area contributed by atoms with Gasteiger partial charge in [-0.15, -0.1) is 0 Å². The lowest BCUT2D eigenvalue weighted by atomic mass is 10.3. The predicted octanol–water partition coefficient (Wildman–Crippen LogP) is 3.70. The summed E-state index contributed by atoms with van der Waals surface area (Å²) in [6.45, 7) is -0.792. The average Bonchev–Trinajstić information content (AvgIpc) is 2.71.